The fourth-order valence-electron chi connectivity index (χ4n) is 2.13. The summed E-state index contributed by atoms with van der Waals surface area (Å²) in [6.07, 6.45) is -4.55. The molecule has 0 saturated heterocycles. The van der Waals surface area contributed by atoms with Gasteiger partial charge < -0.3 is 15.4 Å². The van der Waals surface area contributed by atoms with Gasteiger partial charge in [-0.15, -0.1) is 0 Å². The van der Waals surface area contributed by atoms with Gasteiger partial charge in [0.15, 0.2) is 6.61 Å². The maximum Gasteiger partial charge on any atom is 0.433 e. The molecule has 1 aromatic heterocycles. The van der Waals surface area contributed by atoms with Gasteiger partial charge in [-0.2, -0.15) is 13.2 Å². The molecule has 0 aliphatic carbocycles. The van der Waals surface area contributed by atoms with Crippen LogP contribution in [0.2, 0.25) is 5.02 Å². The Morgan fingerprint density at radius 1 is 1.20 bits per heavy atom. The van der Waals surface area contributed by atoms with E-state index >= 15 is 0 Å². The zero-order valence-electron chi connectivity index (χ0n) is 15.4. The van der Waals surface area contributed by atoms with Crippen LogP contribution >= 0.6 is 11.6 Å². The van der Waals surface area contributed by atoms with Crippen LogP contribution in [0.3, 0.4) is 0 Å². The Morgan fingerprint density at radius 2 is 1.93 bits per heavy atom. The molecule has 0 atom stereocenters. The van der Waals surface area contributed by atoms with Gasteiger partial charge in [-0.25, -0.2) is 9.37 Å². The molecule has 0 radical (unpaired) electrons. The molecular formula is C19H16ClF4N3O3. The Morgan fingerprint density at radius 3 is 2.60 bits per heavy atom. The van der Waals surface area contributed by atoms with Crippen molar-refractivity contribution in [1.82, 2.24) is 15.6 Å². The summed E-state index contributed by atoms with van der Waals surface area (Å²) in [7, 11) is 0. The van der Waals surface area contributed by atoms with E-state index in [1.165, 1.54) is 12.1 Å². The molecule has 0 saturated carbocycles. The van der Waals surface area contributed by atoms with Gasteiger partial charge in [0.1, 0.15) is 23.0 Å². The van der Waals surface area contributed by atoms with E-state index in [9.17, 15) is 27.2 Å². The van der Waals surface area contributed by atoms with E-state index in [0.29, 0.717) is 0 Å². The molecule has 6 nitrogen and oxygen atoms in total. The van der Waals surface area contributed by atoms with Gasteiger partial charge in [-0.05, 0) is 24.3 Å². The quantitative estimate of drug-likeness (QED) is 0.607. The fraction of sp³-hybridized carbons (Fsp3) is 0.211. The predicted molar refractivity (Wildman–Crippen MR) is 100 cm³/mol. The molecule has 2 rings (SSSR count). The molecule has 2 aromatic rings. The molecule has 0 spiro atoms. The third-order valence-electron chi connectivity index (χ3n) is 3.57. The smallest absolute Gasteiger partial charge is 0.433 e. The zero-order chi connectivity index (χ0) is 22.3. The van der Waals surface area contributed by atoms with E-state index in [-0.39, 0.29) is 36.0 Å². The monoisotopic (exact) mass is 445 g/mol. The zero-order valence-corrected chi connectivity index (χ0v) is 16.1. The molecule has 0 unspecified atom stereocenters. The molecule has 1 heterocycles. The van der Waals surface area contributed by atoms with Crippen molar-refractivity contribution in [3.63, 3.8) is 0 Å². The van der Waals surface area contributed by atoms with Crippen molar-refractivity contribution >= 4 is 23.4 Å². The molecule has 0 aliphatic rings. The summed E-state index contributed by atoms with van der Waals surface area (Å²) >= 11 is 5.54. The summed E-state index contributed by atoms with van der Waals surface area (Å²) in [5.74, 6) is -1.93. The average molecular weight is 446 g/mol. The maximum atomic E-state index is 13.3. The van der Waals surface area contributed by atoms with Crippen LogP contribution in [0.1, 0.15) is 22.6 Å². The van der Waals surface area contributed by atoms with Gasteiger partial charge in [-0.1, -0.05) is 24.2 Å². The summed E-state index contributed by atoms with van der Waals surface area (Å²) in [5, 5.41) is 4.73. The van der Waals surface area contributed by atoms with Crippen molar-refractivity contribution in [2.75, 3.05) is 13.2 Å². The van der Waals surface area contributed by atoms with E-state index in [1.807, 2.05) is 0 Å². The highest BCUT2D eigenvalue weighted by atomic mass is 35.5. The molecule has 2 amide bonds. The molecular weight excluding hydrogens is 430 g/mol. The third-order valence-corrected chi connectivity index (χ3v) is 3.88. The molecule has 11 heteroatoms. The molecule has 1 aromatic carbocycles. The molecule has 30 heavy (non-hydrogen) atoms. The number of amides is 2. The maximum absolute atomic E-state index is 13.3. The number of carbonyl (C=O) groups excluding carboxylic acids is 2. The van der Waals surface area contributed by atoms with E-state index in [0.717, 1.165) is 24.3 Å². The molecule has 2 N–H and O–H groups in total. The average Bonchev–Trinajstić information content (AvgIpc) is 2.68. The minimum atomic E-state index is -4.67. The number of benzene rings is 1. The van der Waals surface area contributed by atoms with Gasteiger partial charge in [0, 0.05) is 24.7 Å². The van der Waals surface area contributed by atoms with E-state index in [4.69, 9.17) is 16.3 Å². The predicted octanol–water partition coefficient (Wildman–Crippen LogP) is 3.72. The van der Waals surface area contributed by atoms with Gasteiger partial charge in [0.2, 0.25) is 0 Å². The Hall–Kier alpha value is -3.14. The standard InChI is InChI=1S/C19H16ClF4N3O3/c1-11(26-18(29)15-3-2-4-16(27-15)19(22,23)24)7-8-25-17(28)10-30-12-5-6-13(20)14(21)9-12/h2-6,9H,1,7-8,10H2,(H,25,28)(H,26,29). The van der Waals surface area contributed by atoms with Crippen molar-refractivity contribution in [3.8, 4) is 5.75 Å². The van der Waals surface area contributed by atoms with E-state index < -0.39 is 35.2 Å². The van der Waals surface area contributed by atoms with Crippen LogP contribution in [0.25, 0.3) is 0 Å². The number of halogens is 5. The number of hydrogen-bond donors (Lipinski definition) is 2. The lowest BCUT2D eigenvalue weighted by atomic mass is 10.2. The van der Waals surface area contributed by atoms with Gasteiger partial charge in [0.25, 0.3) is 11.8 Å². The van der Waals surface area contributed by atoms with Crippen LogP contribution in [0, 0.1) is 5.82 Å². The van der Waals surface area contributed by atoms with Crippen molar-refractivity contribution in [2.24, 2.45) is 0 Å². The summed E-state index contributed by atoms with van der Waals surface area (Å²) in [4.78, 5) is 27.0. The normalized spacial score (nSPS) is 11.0. The first-order valence-corrected chi connectivity index (χ1v) is 8.82. The Bertz CT molecular complexity index is 951. The lowest BCUT2D eigenvalue weighted by Crippen LogP contribution is -2.31. The van der Waals surface area contributed by atoms with Crippen LogP contribution in [-0.2, 0) is 11.0 Å². The SMILES string of the molecule is C=C(CCNC(=O)COc1ccc(Cl)c(F)c1)NC(=O)c1cccc(C(F)(F)F)n1. The van der Waals surface area contributed by atoms with Crippen molar-refractivity contribution < 1.29 is 31.9 Å². The second-order valence-corrected chi connectivity index (χ2v) is 6.34. The highest BCUT2D eigenvalue weighted by molar-refractivity contribution is 6.30. The number of ether oxygens (including phenoxy) is 1. The lowest BCUT2D eigenvalue weighted by molar-refractivity contribution is -0.141. The van der Waals surface area contributed by atoms with Gasteiger partial charge >= 0.3 is 6.18 Å². The van der Waals surface area contributed by atoms with Crippen molar-refractivity contribution in [2.45, 2.75) is 12.6 Å². The summed E-state index contributed by atoms with van der Waals surface area (Å²) in [5.41, 5.74) is -1.44. The summed E-state index contributed by atoms with van der Waals surface area (Å²) < 4.78 is 56.4. The van der Waals surface area contributed by atoms with Crippen molar-refractivity contribution in [1.29, 1.82) is 0 Å². The van der Waals surface area contributed by atoms with E-state index in [1.54, 1.807) is 0 Å². The highest BCUT2D eigenvalue weighted by Gasteiger charge is 2.32. The summed E-state index contributed by atoms with van der Waals surface area (Å²) in [6.45, 7) is 3.28. The molecule has 160 valence electrons. The third kappa shape index (κ3) is 7.03. The summed E-state index contributed by atoms with van der Waals surface area (Å²) in [6, 6.07) is 6.68. The topological polar surface area (TPSA) is 80.3 Å². The number of hydrogen-bond acceptors (Lipinski definition) is 4. The number of pyridine rings is 1. The second-order valence-electron chi connectivity index (χ2n) is 5.93. The number of nitrogens with one attached hydrogen (secondary N) is 2. The van der Waals surface area contributed by atoms with Crippen LogP contribution in [-0.4, -0.2) is 29.9 Å². The van der Waals surface area contributed by atoms with Gasteiger partial charge in [-0.3, -0.25) is 9.59 Å². The second kappa shape index (κ2) is 10.1. The molecule has 0 fully saturated rings. The van der Waals surface area contributed by atoms with Gasteiger partial charge in [0.05, 0.1) is 5.02 Å². The molecule has 0 aliphatic heterocycles. The first-order chi connectivity index (χ1) is 14.1. The fourth-order valence-corrected chi connectivity index (χ4v) is 2.24. The van der Waals surface area contributed by atoms with E-state index in [2.05, 4.69) is 22.2 Å². The van der Waals surface area contributed by atoms with Crippen LogP contribution in [0.15, 0.2) is 48.7 Å². The number of carbonyl (C=O) groups is 2. The highest BCUT2D eigenvalue weighted by Crippen LogP contribution is 2.27. The first-order valence-electron chi connectivity index (χ1n) is 8.44. The molecule has 0 bridgehead atoms. The number of nitrogens with zero attached hydrogens (tertiary/aromatic N) is 1. The lowest BCUT2D eigenvalue weighted by Gasteiger charge is -2.11. The minimum Gasteiger partial charge on any atom is -0.484 e. The Balaban J connectivity index is 1.74. The van der Waals surface area contributed by atoms with Crippen molar-refractivity contribution in [3.05, 3.63) is 70.9 Å². The van der Waals surface area contributed by atoms with Crippen LogP contribution in [0.5, 0.6) is 5.75 Å². The Labute approximate surface area is 173 Å². The van der Waals surface area contributed by atoms with Crippen LogP contribution < -0.4 is 15.4 Å². The largest absolute Gasteiger partial charge is 0.484 e. The Kier molecular flexibility index (Phi) is 7.76. The number of aromatic nitrogens is 1. The first kappa shape index (κ1) is 23.1. The number of rotatable bonds is 8. The minimum absolute atomic E-state index is 0.0757. The number of alkyl halides is 3. The van der Waals surface area contributed by atoms with Crippen LogP contribution in [0.4, 0.5) is 17.6 Å².